The summed E-state index contributed by atoms with van der Waals surface area (Å²) in [6.45, 7) is 1.76. The van der Waals surface area contributed by atoms with Crippen LogP contribution in [0, 0.1) is 6.92 Å². The van der Waals surface area contributed by atoms with Crippen LogP contribution in [0.15, 0.2) is 10.6 Å². The Balaban J connectivity index is 1.32. The van der Waals surface area contributed by atoms with E-state index < -0.39 is 0 Å². The molecule has 24 heavy (non-hydrogen) atoms. The largest absolute Gasteiger partial charge is 0.388 e. The average molecular weight is 331 g/mol. The van der Waals surface area contributed by atoms with E-state index in [1.165, 1.54) is 0 Å². The number of nitrogens with zero attached hydrogens (tertiary/aromatic N) is 4. The maximum Gasteiger partial charge on any atom is 0.227 e. The molecule has 128 valence electrons. The van der Waals surface area contributed by atoms with Crippen molar-refractivity contribution in [3.05, 3.63) is 29.2 Å². The summed E-state index contributed by atoms with van der Waals surface area (Å²) in [6.07, 6.45) is 4.19. The van der Waals surface area contributed by atoms with Crippen molar-refractivity contribution in [2.24, 2.45) is 0 Å². The summed E-state index contributed by atoms with van der Waals surface area (Å²) in [7, 11) is 0. The van der Waals surface area contributed by atoms with Gasteiger partial charge in [-0.2, -0.15) is 0 Å². The highest BCUT2D eigenvalue weighted by Gasteiger charge is 2.38. The fourth-order valence-electron chi connectivity index (χ4n) is 3.34. The summed E-state index contributed by atoms with van der Waals surface area (Å²) >= 11 is 0. The first-order valence-electron chi connectivity index (χ1n) is 8.40. The molecular weight excluding hydrogens is 310 g/mol. The van der Waals surface area contributed by atoms with Crippen LogP contribution in [-0.2, 0) is 17.8 Å². The molecule has 2 N–H and O–H groups in total. The molecule has 1 amide bonds. The van der Waals surface area contributed by atoms with Crippen LogP contribution in [0.4, 0.5) is 0 Å². The van der Waals surface area contributed by atoms with Crippen LogP contribution >= 0.6 is 0 Å². The minimum atomic E-state index is -0.0764. The Morgan fingerprint density at radius 3 is 2.83 bits per heavy atom. The van der Waals surface area contributed by atoms with E-state index in [0.29, 0.717) is 23.5 Å². The predicted octanol–water partition coefficient (Wildman–Crippen LogP) is 1.01. The monoisotopic (exact) mass is 331 g/mol. The zero-order valence-corrected chi connectivity index (χ0v) is 13.6. The van der Waals surface area contributed by atoms with Gasteiger partial charge in [-0.1, -0.05) is 5.16 Å². The van der Waals surface area contributed by atoms with Crippen LogP contribution in [0.5, 0.6) is 0 Å². The minimum Gasteiger partial charge on any atom is -0.388 e. The number of nitrogens with one attached hydrogen (secondary N) is 1. The van der Waals surface area contributed by atoms with Gasteiger partial charge in [-0.3, -0.25) is 4.79 Å². The second kappa shape index (κ2) is 6.01. The molecule has 2 fully saturated rings. The van der Waals surface area contributed by atoms with Gasteiger partial charge in [0.15, 0.2) is 5.82 Å². The fourth-order valence-corrected chi connectivity index (χ4v) is 3.34. The van der Waals surface area contributed by atoms with Gasteiger partial charge in [0.25, 0.3) is 0 Å². The topological polar surface area (TPSA) is 106 Å². The van der Waals surface area contributed by atoms with Gasteiger partial charge in [0.2, 0.25) is 5.91 Å². The SMILES string of the molecule is Cc1cc(CC(=O)NC2CC(c3nnc(CO)n3C3CC3)C2)on1. The zero-order valence-electron chi connectivity index (χ0n) is 13.6. The van der Waals surface area contributed by atoms with Crippen molar-refractivity contribution in [3.63, 3.8) is 0 Å². The van der Waals surface area contributed by atoms with E-state index >= 15 is 0 Å². The summed E-state index contributed by atoms with van der Waals surface area (Å²) in [5, 5.41) is 24.6. The average Bonchev–Trinajstić information content (AvgIpc) is 3.14. The number of aryl methyl sites for hydroxylation is 1. The minimum absolute atomic E-state index is 0.0469. The molecule has 2 saturated carbocycles. The van der Waals surface area contributed by atoms with Gasteiger partial charge in [-0.25, -0.2) is 0 Å². The third-order valence-corrected chi connectivity index (χ3v) is 4.73. The molecule has 0 saturated heterocycles. The summed E-state index contributed by atoms with van der Waals surface area (Å²) in [5.74, 6) is 2.45. The van der Waals surface area contributed by atoms with Gasteiger partial charge >= 0.3 is 0 Å². The van der Waals surface area contributed by atoms with E-state index in [4.69, 9.17) is 4.52 Å². The zero-order chi connectivity index (χ0) is 16.7. The Kier molecular flexibility index (Phi) is 3.84. The molecular formula is C16H21N5O3. The van der Waals surface area contributed by atoms with Crippen LogP contribution in [0.2, 0.25) is 0 Å². The number of carbonyl (C=O) groups is 1. The standard InChI is InChI=1S/C16H21N5O3/c1-9-4-13(24-20-9)7-15(23)17-11-5-10(6-11)16-19-18-14(8-22)21(16)12-2-3-12/h4,10-12,22H,2-3,5-8H2,1H3,(H,17,23). The van der Waals surface area contributed by atoms with Crippen LogP contribution < -0.4 is 5.32 Å². The number of aliphatic hydroxyl groups excluding tert-OH is 1. The van der Waals surface area contributed by atoms with Gasteiger partial charge in [0.05, 0.1) is 12.1 Å². The van der Waals surface area contributed by atoms with E-state index in [2.05, 4.69) is 25.2 Å². The van der Waals surface area contributed by atoms with Crippen molar-refractivity contribution in [1.82, 2.24) is 25.2 Å². The molecule has 4 rings (SSSR count). The van der Waals surface area contributed by atoms with E-state index in [-0.39, 0.29) is 25.0 Å². The number of hydrogen-bond donors (Lipinski definition) is 2. The van der Waals surface area contributed by atoms with Crippen LogP contribution in [-0.4, -0.2) is 37.0 Å². The van der Waals surface area contributed by atoms with Crippen molar-refractivity contribution < 1.29 is 14.4 Å². The molecule has 0 spiro atoms. The molecule has 2 heterocycles. The molecule has 8 nitrogen and oxygen atoms in total. The smallest absolute Gasteiger partial charge is 0.227 e. The van der Waals surface area contributed by atoms with Crippen molar-refractivity contribution >= 4 is 5.91 Å². The molecule has 0 aliphatic heterocycles. The lowest BCUT2D eigenvalue weighted by molar-refractivity contribution is -0.122. The van der Waals surface area contributed by atoms with E-state index in [1.54, 1.807) is 6.07 Å². The first kappa shape index (κ1) is 15.3. The van der Waals surface area contributed by atoms with Gasteiger partial charge < -0.3 is 19.5 Å². The maximum atomic E-state index is 12.0. The van der Waals surface area contributed by atoms with Crippen LogP contribution in [0.3, 0.4) is 0 Å². The number of amides is 1. The quantitative estimate of drug-likeness (QED) is 0.818. The summed E-state index contributed by atoms with van der Waals surface area (Å²) < 4.78 is 7.16. The summed E-state index contributed by atoms with van der Waals surface area (Å²) in [4.78, 5) is 12.0. The lowest BCUT2D eigenvalue weighted by atomic mass is 9.79. The molecule has 2 aromatic heterocycles. The highest BCUT2D eigenvalue weighted by Crippen LogP contribution is 2.42. The number of hydrogen-bond acceptors (Lipinski definition) is 6. The van der Waals surface area contributed by atoms with Gasteiger partial charge in [0, 0.05) is 24.1 Å². The normalized spacial score (nSPS) is 23.1. The molecule has 2 aliphatic carbocycles. The van der Waals surface area contributed by atoms with Crippen LogP contribution in [0.25, 0.3) is 0 Å². The molecule has 2 aliphatic rings. The molecule has 0 unspecified atom stereocenters. The highest BCUT2D eigenvalue weighted by molar-refractivity contribution is 5.78. The first-order valence-corrected chi connectivity index (χ1v) is 8.40. The summed E-state index contributed by atoms with van der Waals surface area (Å²) in [5.41, 5.74) is 0.778. The van der Waals surface area contributed by atoms with E-state index in [0.717, 1.165) is 37.2 Å². The van der Waals surface area contributed by atoms with Gasteiger partial charge in [-0.05, 0) is 32.6 Å². The molecule has 0 bridgehead atoms. The molecule has 0 radical (unpaired) electrons. The Morgan fingerprint density at radius 1 is 1.42 bits per heavy atom. The van der Waals surface area contributed by atoms with E-state index in [1.807, 2.05) is 6.92 Å². The molecule has 0 atom stereocenters. The Labute approximate surface area is 139 Å². The number of rotatable bonds is 6. The second-order valence-electron chi connectivity index (χ2n) is 6.78. The predicted molar refractivity (Wildman–Crippen MR) is 83.1 cm³/mol. The molecule has 8 heteroatoms. The molecule has 2 aromatic rings. The number of aliphatic hydroxyl groups is 1. The van der Waals surface area contributed by atoms with Crippen LogP contribution in [0.1, 0.15) is 60.7 Å². The third kappa shape index (κ3) is 2.93. The van der Waals surface area contributed by atoms with Gasteiger partial charge in [0.1, 0.15) is 18.2 Å². The fraction of sp³-hybridized carbons (Fsp3) is 0.625. The van der Waals surface area contributed by atoms with Crippen molar-refractivity contribution in [1.29, 1.82) is 0 Å². The van der Waals surface area contributed by atoms with Crippen molar-refractivity contribution in [3.8, 4) is 0 Å². The van der Waals surface area contributed by atoms with Gasteiger partial charge in [-0.15, -0.1) is 10.2 Å². The lowest BCUT2D eigenvalue weighted by Gasteiger charge is -2.35. The Morgan fingerprint density at radius 2 is 2.21 bits per heavy atom. The van der Waals surface area contributed by atoms with E-state index in [9.17, 15) is 9.90 Å². The summed E-state index contributed by atoms with van der Waals surface area (Å²) in [6, 6.07) is 2.38. The first-order chi connectivity index (χ1) is 11.6. The second-order valence-corrected chi connectivity index (χ2v) is 6.78. The van der Waals surface area contributed by atoms with Crippen molar-refractivity contribution in [2.75, 3.05) is 0 Å². The number of carbonyl (C=O) groups excluding carboxylic acids is 1. The highest BCUT2D eigenvalue weighted by atomic mass is 16.5. The third-order valence-electron chi connectivity index (χ3n) is 4.73. The number of aromatic nitrogens is 4. The Hall–Kier alpha value is -2.22. The lowest BCUT2D eigenvalue weighted by Crippen LogP contribution is -2.44. The molecule has 0 aromatic carbocycles. The Bertz CT molecular complexity index is 743. The van der Waals surface area contributed by atoms with Crippen molar-refractivity contribution in [2.45, 2.75) is 63.6 Å². The maximum absolute atomic E-state index is 12.0.